The van der Waals surface area contributed by atoms with Crippen molar-refractivity contribution in [2.45, 2.75) is 19.1 Å². The summed E-state index contributed by atoms with van der Waals surface area (Å²) in [5, 5.41) is 12.6. The molecule has 0 bridgehead atoms. The molecule has 7 heteroatoms. The second-order valence-corrected chi connectivity index (χ2v) is 6.73. The lowest BCUT2D eigenvalue weighted by atomic mass is 10.0. The van der Waals surface area contributed by atoms with E-state index in [2.05, 4.69) is 5.32 Å². The number of hydrogen-bond acceptors (Lipinski definition) is 3. The minimum atomic E-state index is -0.787. The summed E-state index contributed by atoms with van der Waals surface area (Å²) >= 11 is 0. The number of nitrogens with zero attached hydrogens (tertiary/aromatic N) is 1. The topological polar surface area (TPSA) is 95.7 Å². The quantitative estimate of drug-likeness (QED) is 0.749. The number of likely N-dealkylation sites (tertiary alicyclic amines) is 1. The number of urea groups is 1. The Balaban J connectivity index is 1.58. The van der Waals surface area contributed by atoms with Gasteiger partial charge in [-0.25, -0.2) is 9.18 Å². The lowest BCUT2D eigenvalue weighted by Gasteiger charge is -2.17. The van der Waals surface area contributed by atoms with E-state index in [0.29, 0.717) is 5.56 Å². The van der Waals surface area contributed by atoms with E-state index in [4.69, 9.17) is 5.73 Å². The Bertz CT molecular complexity index is 828. The van der Waals surface area contributed by atoms with Gasteiger partial charge in [0.05, 0.1) is 6.10 Å². The summed E-state index contributed by atoms with van der Waals surface area (Å²) in [5.41, 5.74) is 7.20. The predicted octanol–water partition coefficient (Wildman–Crippen LogP) is 1.87. The summed E-state index contributed by atoms with van der Waals surface area (Å²) in [6.45, 7) is 0.400. The van der Waals surface area contributed by atoms with Gasteiger partial charge < -0.3 is 21.1 Å². The van der Waals surface area contributed by atoms with Crippen molar-refractivity contribution in [2.24, 2.45) is 11.7 Å². The number of amides is 3. The number of halogens is 1. The summed E-state index contributed by atoms with van der Waals surface area (Å²) < 4.78 is 14.4. The van der Waals surface area contributed by atoms with Gasteiger partial charge in [0.25, 0.3) is 0 Å². The van der Waals surface area contributed by atoms with Crippen LogP contribution in [0.1, 0.15) is 12.0 Å². The molecular weight excluding hydrogens is 349 g/mol. The first kappa shape index (κ1) is 18.8. The third-order valence-corrected chi connectivity index (χ3v) is 4.75. The molecule has 6 nitrogen and oxygen atoms in total. The molecule has 2 aromatic carbocycles. The Labute approximate surface area is 156 Å². The van der Waals surface area contributed by atoms with Crippen molar-refractivity contribution in [2.75, 3.05) is 13.1 Å². The molecule has 3 rings (SSSR count). The van der Waals surface area contributed by atoms with Crippen molar-refractivity contribution in [1.29, 1.82) is 0 Å². The van der Waals surface area contributed by atoms with Crippen LogP contribution in [0.25, 0.3) is 11.1 Å². The molecule has 27 heavy (non-hydrogen) atoms. The van der Waals surface area contributed by atoms with Crippen molar-refractivity contribution in [3.63, 3.8) is 0 Å². The molecule has 1 heterocycles. The fraction of sp³-hybridized carbons (Fsp3) is 0.300. The number of β-amino-alcohol motifs (C(OH)–C–C–N with tert-alkyl or cyclic N) is 1. The van der Waals surface area contributed by atoms with Gasteiger partial charge in [-0.15, -0.1) is 0 Å². The van der Waals surface area contributed by atoms with Gasteiger partial charge >= 0.3 is 6.03 Å². The lowest BCUT2D eigenvalue weighted by Crippen LogP contribution is -2.38. The molecule has 1 aliphatic rings. The first-order valence-electron chi connectivity index (χ1n) is 8.77. The van der Waals surface area contributed by atoms with Crippen LogP contribution in [0.3, 0.4) is 0 Å². The number of nitrogens with one attached hydrogen (secondary N) is 1. The maximum absolute atomic E-state index is 14.4. The van der Waals surface area contributed by atoms with Crippen LogP contribution in [-0.2, 0) is 11.3 Å². The van der Waals surface area contributed by atoms with E-state index in [9.17, 15) is 19.1 Å². The van der Waals surface area contributed by atoms with Crippen molar-refractivity contribution in [3.8, 4) is 11.1 Å². The number of aliphatic hydroxyl groups excluding tert-OH is 1. The summed E-state index contributed by atoms with van der Waals surface area (Å²) in [7, 11) is 0. The Morgan fingerprint density at radius 2 is 1.89 bits per heavy atom. The number of nitrogens with two attached hydrogens (primary N) is 1. The van der Waals surface area contributed by atoms with Gasteiger partial charge in [0.2, 0.25) is 5.91 Å². The average molecular weight is 371 g/mol. The summed E-state index contributed by atoms with van der Waals surface area (Å²) in [5.74, 6) is -1.28. The number of aliphatic hydroxyl groups is 1. The van der Waals surface area contributed by atoms with E-state index in [1.807, 2.05) is 36.4 Å². The van der Waals surface area contributed by atoms with Crippen LogP contribution in [0.4, 0.5) is 9.18 Å². The standard InChI is InChI=1S/C20H22FN3O3/c21-17-8-14(13-4-2-1-3-5-13)6-7-15(17)10-23-20(27)24-11-16(9-19(22)26)18(25)12-24/h1-8,16,18,25H,9-12H2,(H2,22,26)(H,23,27)/t16-,18-/m1/s1. The highest BCUT2D eigenvalue weighted by Gasteiger charge is 2.34. The molecule has 0 unspecified atom stereocenters. The molecule has 0 aromatic heterocycles. The predicted molar refractivity (Wildman–Crippen MR) is 99.0 cm³/mol. The fourth-order valence-electron chi connectivity index (χ4n) is 3.26. The SMILES string of the molecule is NC(=O)C[C@@H]1CN(C(=O)NCc2ccc(-c3ccccc3)cc2F)C[C@H]1O. The highest BCUT2D eigenvalue weighted by Crippen LogP contribution is 2.22. The van der Waals surface area contributed by atoms with Crippen molar-refractivity contribution in [1.82, 2.24) is 10.2 Å². The molecule has 1 aliphatic heterocycles. The molecule has 4 N–H and O–H groups in total. The van der Waals surface area contributed by atoms with Gasteiger partial charge in [0.1, 0.15) is 5.82 Å². The number of rotatable bonds is 5. The Morgan fingerprint density at radius 3 is 2.56 bits per heavy atom. The second-order valence-electron chi connectivity index (χ2n) is 6.73. The Kier molecular flexibility index (Phi) is 5.71. The number of benzene rings is 2. The third-order valence-electron chi connectivity index (χ3n) is 4.75. The zero-order valence-corrected chi connectivity index (χ0v) is 14.8. The minimum absolute atomic E-state index is 0.0283. The largest absolute Gasteiger partial charge is 0.391 e. The van der Waals surface area contributed by atoms with Gasteiger partial charge in [-0.1, -0.05) is 42.5 Å². The van der Waals surface area contributed by atoms with E-state index in [0.717, 1.165) is 11.1 Å². The van der Waals surface area contributed by atoms with Gasteiger partial charge in [0.15, 0.2) is 0 Å². The van der Waals surface area contributed by atoms with Crippen molar-refractivity contribution in [3.05, 3.63) is 59.9 Å². The van der Waals surface area contributed by atoms with Gasteiger partial charge in [-0.05, 0) is 17.2 Å². The smallest absolute Gasteiger partial charge is 0.317 e. The molecule has 1 fully saturated rings. The molecule has 1 saturated heterocycles. The van der Waals surface area contributed by atoms with Crippen LogP contribution in [0, 0.1) is 11.7 Å². The average Bonchev–Trinajstić information content (AvgIpc) is 3.01. The lowest BCUT2D eigenvalue weighted by molar-refractivity contribution is -0.119. The maximum atomic E-state index is 14.4. The zero-order chi connectivity index (χ0) is 19.4. The number of carbonyl (C=O) groups is 2. The van der Waals surface area contributed by atoms with Crippen LogP contribution >= 0.6 is 0 Å². The van der Waals surface area contributed by atoms with Gasteiger partial charge in [-0.2, -0.15) is 0 Å². The molecule has 142 valence electrons. The number of carbonyl (C=O) groups excluding carboxylic acids is 2. The van der Waals surface area contributed by atoms with E-state index >= 15 is 0 Å². The number of hydrogen-bond donors (Lipinski definition) is 3. The third kappa shape index (κ3) is 4.62. The first-order valence-corrected chi connectivity index (χ1v) is 8.77. The van der Waals surface area contributed by atoms with Crippen LogP contribution in [0.15, 0.2) is 48.5 Å². The van der Waals surface area contributed by atoms with Gasteiger partial charge in [0, 0.05) is 37.5 Å². The number of primary amides is 1. The van der Waals surface area contributed by atoms with Crippen LogP contribution in [0.5, 0.6) is 0 Å². The Morgan fingerprint density at radius 1 is 1.15 bits per heavy atom. The van der Waals surface area contributed by atoms with E-state index in [-0.39, 0.29) is 32.0 Å². The minimum Gasteiger partial charge on any atom is -0.391 e. The molecule has 2 aromatic rings. The molecule has 0 radical (unpaired) electrons. The Hall–Kier alpha value is -2.93. The first-order chi connectivity index (χ1) is 12.9. The summed E-state index contributed by atoms with van der Waals surface area (Å²) in [6.07, 6.45) is -0.759. The molecule has 3 amide bonds. The molecular formula is C20H22FN3O3. The van der Waals surface area contributed by atoms with Crippen LogP contribution < -0.4 is 11.1 Å². The van der Waals surface area contributed by atoms with Crippen LogP contribution in [-0.4, -0.2) is 41.1 Å². The van der Waals surface area contributed by atoms with Crippen molar-refractivity contribution < 1.29 is 19.1 Å². The normalized spacial score (nSPS) is 19.1. The zero-order valence-electron chi connectivity index (χ0n) is 14.8. The summed E-state index contributed by atoms with van der Waals surface area (Å²) in [4.78, 5) is 24.7. The summed E-state index contributed by atoms with van der Waals surface area (Å²) in [6, 6.07) is 14.0. The van der Waals surface area contributed by atoms with E-state index in [1.165, 1.54) is 11.0 Å². The van der Waals surface area contributed by atoms with E-state index < -0.39 is 23.9 Å². The molecule has 2 atom stereocenters. The van der Waals surface area contributed by atoms with Gasteiger partial charge in [-0.3, -0.25) is 4.79 Å². The van der Waals surface area contributed by atoms with Crippen LogP contribution in [0.2, 0.25) is 0 Å². The molecule has 0 aliphatic carbocycles. The molecule has 0 spiro atoms. The highest BCUT2D eigenvalue weighted by atomic mass is 19.1. The van der Waals surface area contributed by atoms with E-state index in [1.54, 1.807) is 6.07 Å². The van der Waals surface area contributed by atoms with Crippen molar-refractivity contribution >= 4 is 11.9 Å². The second kappa shape index (κ2) is 8.18. The highest BCUT2D eigenvalue weighted by molar-refractivity contribution is 5.76. The monoisotopic (exact) mass is 371 g/mol. The maximum Gasteiger partial charge on any atom is 0.317 e. The fourth-order valence-corrected chi connectivity index (χ4v) is 3.26. The molecule has 0 saturated carbocycles.